The lowest BCUT2D eigenvalue weighted by Crippen LogP contribution is -2.30. The highest BCUT2D eigenvalue weighted by molar-refractivity contribution is 5.71. The maximum atomic E-state index is 12.8. The lowest BCUT2D eigenvalue weighted by atomic mass is 10.1. The molecular formula is C61H98O6. The normalized spacial score (nSPS) is 13.1. The van der Waals surface area contributed by atoms with Gasteiger partial charge in [-0.2, -0.15) is 0 Å². The third-order valence-electron chi connectivity index (χ3n) is 11.0. The van der Waals surface area contributed by atoms with Crippen LogP contribution in [-0.4, -0.2) is 37.2 Å². The Hall–Kier alpha value is -4.19. The maximum Gasteiger partial charge on any atom is 0.306 e. The summed E-state index contributed by atoms with van der Waals surface area (Å²) in [4.78, 5) is 38.0. The SMILES string of the molecule is CC\C=C/C=C\C=C/C=C\CCCCCCCC(=O)OCC(COC(=O)CCC/C=C\C/C=C\C/C=C\CCCCCCCC)OC(=O)CCC/C=C\C/C=C\C/C=C\CCCCCCCC. The van der Waals surface area contributed by atoms with Gasteiger partial charge in [-0.25, -0.2) is 0 Å². The van der Waals surface area contributed by atoms with E-state index in [4.69, 9.17) is 14.2 Å². The van der Waals surface area contributed by atoms with Crippen molar-refractivity contribution in [2.75, 3.05) is 13.2 Å². The molecule has 0 aliphatic rings. The van der Waals surface area contributed by atoms with Gasteiger partial charge in [-0.05, 0) is 103 Å². The number of unbranched alkanes of at least 4 members (excludes halogenated alkanes) is 19. The molecule has 6 heteroatoms. The monoisotopic (exact) mass is 927 g/mol. The van der Waals surface area contributed by atoms with Crippen molar-refractivity contribution in [3.63, 3.8) is 0 Å². The molecule has 0 saturated carbocycles. The van der Waals surface area contributed by atoms with Crippen LogP contribution in [0.1, 0.15) is 226 Å². The van der Waals surface area contributed by atoms with Crippen molar-refractivity contribution in [1.29, 1.82) is 0 Å². The van der Waals surface area contributed by atoms with E-state index in [2.05, 4.69) is 118 Å². The third-order valence-corrected chi connectivity index (χ3v) is 11.0. The number of ether oxygens (including phenoxy) is 3. The number of allylic oxidation sites excluding steroid dienone is 20. The number of carbonyl (C=O) groups excluding carboxylic acids is 3. The Labute approximate surface area is 412 Å². The molecule has 1 atom stereocenters. The molecule has 0 amide bonds. The third kappa shape index (κ3) is 52.6. The molecule has 0 radical (unpaired) electrons. The van der Waals surface area contributed by atoms with Crippen LogP contribution in [0.5, 0.6) is 0 Å². The fourth-order valence-corrected chi connectivity index (χ4v) is 6.95. The summed E-state index contributed by atoms with van der Waals surface area (Å²) in [5, 5.41) is 0. The Morgan fingerprint density at radius 2 is 0.657 bits per heavy atom. The summed E-state index contributed by atoms with van der Waals surface area (Å²) in [6, 6.07) is 0. The molecule has 0 aromatic heterocycles. The fourth-order valence-electron chi connectivity index (χ4n) is 6.95. The van der Waals surface area contributed by atoms with E-state index in [-0.39, 0.29) is 44.0 Å². The molecular weight excluding hydrogens is 829 g/mol. The van der Waals surface area contributed by atoms with Gasteiger partial charge in [0, 0.05) is 19.3 Å². The quantitative estimate of drug-likeness (QED) is 0.0199. The molecule has 0 aromatic carbocycles. The zero-order valence-corrected chi connectivity index (χ0v) is 43.1. The molecule has 1 unspecified atom stereocenters. The van der Waals surface area contributed by atoms with Crippen LogP contribution in [0, 0.1) is 0 Å². The van der Waals surface area contributed by atoms with Crippen LogP contribution in [0.25, 0.3) is 0 Å². The summed E-state index contributed by atoms with van der Waals surface area (Å²) in [5.74, 6) is -1.06. The second-order valence-electron chi connectivity index (χ2n) is 17.5. The first kappa shape index (κ1) is 62.8. The van der Waals surface area contributed by atoms with E-state index in [1.54, 1.807) is 0 Å². The minimum atomic E-state index is -0.838. The minimum absolute atomic E-state index is 0.129. The van der Waals surface area contributed by atoms with Gasteiger partial charge < -0.3 is 14.2 Å². The van der Waals surface area contributed by atoms with Crippen LogP contribution in [-0.2, 0) is 28.6 Å². The fraction of sp³-hybridized carbons (Fsp3) is 0.623. The van der Waals surface area contributed by atoms with Gasteiger partial charge in [-0.1, -0.05) is 226 Å². The lowest BCUT2D eigenvalue weighted by molar-refractivity contribution is -0.167. The number of hydrogen-bond acceptors (Lipinski definition) is 6. The molecule has 6 nitrogen and oxygen atoms in total. The molecule has 0 aliphatic heterocycles. The topological polar surface area (TPSA) is 78.9 Å². The van der Waals surface area contributed by atoms with E-state index < -0.39 is 6.10 Å². The van der Waals surface area contributed by atoms with Crippen LogP contribution in [0.2, 0.25) is 0 Å². The molecule has 0 fully saturated rings. The predicted octanol–water partition coefficient (Wildman–Crippen LogP) is 18.1. The molecule has 0 heterocycles. The average Bonchev–Trinajstić information content (AvgIpc) is 3.33. The van der Waals surface area contributed by atoms with Gasteiger partial charge in [-0.3, -0.25) is 14.4 Å². The van der Waals surface area contributed by atoms with Crippen LogP contribution in [0.15, 0.2) is 122 Å². The zero-order chi connectivity index (χ0) is 48.6. The van der Waals surface area contributed by atoms with E-state index in [0.29, 0.717) is 19.3 Å². The van der Waals surface area contributed by atoms with Crippen LogP contribution < -0.4 is 0 Å². The van der Waals surface area contributed by atoms with Crippen LogP contribution in [0.3, 0.4) is 0 Å². The summed E-state index contributed by atoms with van der Waals surface area (Å²) >= 11 is 0. The highest BCUT2D eigenvalue weighted by Gasteiger charge is 2.19. The molecule has 0 saturated heterocycles. The number of hydrogen-bond donors (Lipinski definition) is 0. The van der Waals surface area contributed by atoms with Crippen molar-refractivity contribution in [2.45, 2.75) is 232 Å². The highest BCUT2D eigenvalue weighted by atomic mass is 16.6. The average molecular weight is 927 g/mol. The van der Waals surface area contributed by atoms with Crippen molar-refractivity contribution < 1.29 is 28.6 Å². The summed E-state index contributed by atoms with van der Waals surface area (Å²) < 4.78 is 16.7. The van der Waals surface area contributed by atoms with Crippen molar-refractivity contribution in [1.82, 2.24) is 0 Å². The second kappa shape index (κ2) is 54.4. The van der Waals surface area contributed by atoms with Crippen molar-refractivity contribution in [2.24, 2.45) is 0 Å². The number of carbonyl (C=O) groups is 3. The molecule has 67 heavy (non-hydrogen) atoms. The van der Waals surface area contributed by atoms with Gasteiger partial charge in [-0.15, -0.1) is 0 Å². The van der Waals surface area contributed by atoms with E-state index in [0.717, 1.165) is 83.5 Å². The molecule has 0 N–H and O–H groups in total. The van der Waals surface area contributed by atoms with E-state index in [1.807, 2.05) is 24.3 Å². The Morgan fingerprint density at radius 1 is 0.328 bits per heavy atom. The molecule has 0 aromatic rings. The van der Waals surface area contributed by atoms with Crippen molar-refractivity contribution >= 4 is 17.9 Å². The summed E-state index contributed by atoms with van der Waals surface area (Å²) in [5.41, 5.74) is 0. The van der Waals surface area contributed by atoms with Gasteiger partial charge in [0.1, 0.15) is 13.2 Å². The van der Waals surface area contributed by atoms with E-state index in [9.17, 15) is 14.4 Å². The first-order valence-corrected chi connectivity index (χ1v) is 27.1. The summed E-state index contributed by atoms with van der Waals surface area (Å²) in [7, 11) is 0. The molecule has 0 spiro atoms. The molecule has 378 valence electrons. The number of esters is 3. The van der Waals surface area contributed by atoms with Crippen molar-refractivity contribution in [3.05, 3.63) is 122 Å². The number of rotatable bonds is 47. The Bertz CT molecular complexity index is 1440. The van der Waals surface area contributed by atoms with Gasteiger partial charge in [0.2, 0.25) is 0 Å². The Morgan fingerprint density at radius 3 is 1.10 bits per heavy atom. The minimum Gasteiger partial charge on any atom is -0.462 e. The van der Waals surface area contributed by atoms with Gasteiger partial charge >= 0.3 is 17.9 Å². The smallest absolute Gasteiger partial charge is 0.306 e. The standard InChI is InChI=1S/C61H98O6/c1-4-7-10-13-16-19-22-25-28-30-33-36-39-42-45-48-51-54-60(63)66-57-58(56-65-59(62)53-50-47-44-41-38-35-32-27-24-21-18-15-12-9-6-3)67-61(64)55-52-49-46-43-40-37-34-31-29-26-23-20-17-14-11-8-5-2/h9,12,15,18,21,24-29,32-34,36-37,42-43,45-46,58H,4-8,10-11,13-14,16-17,19-20,22-23,30-31,35,38-41,44,47-57H2,1-3H3/b12-9-,18-15-,24-21-,28-25-,29-26-,32-27-,36-33-,37-34-,45-42-,46-43-. The summed E-state index contributed by atoms with van der Waals surface area (Å²) in [6.07, 6.45) is 74.8. The predicted molar refractivity (Wildman–Crippen MR) is 288 cm³/mol. The first-order valence-electron chi connectivity index (χ1n) is 27.1. The van der Waals surface area contributed by atoms with E-state index in [1.165, 1.54) is 89.9 Å². The highest BCUT2D eigenvalue weighted by Crippen LogP contribution is 2.12. The van der Waals surface area contributed by atoms with Crippen LogP contribution in [0.4, 0.5) is 0 Å². The Kier molecular flexibility index (Phi) is 51.0. The summed E-state index contributed by atoms with van der Waals surface area (Å²) in [6.45, 7) is 6.37. The van der Waals surface area contributed by atoms with Crippen LogP contribution >= 0.6 is 0 Å². The molecule has 0 rings (SSSR count). The zero-order valence-electron chi connectivity index (χ0n) is 43.1. The largest absolute Gasteiger partial charge is 0.462 e. The van der Waals surface area contributed by atoms with Gasteiger partial charge in [0.05, 0.1) is 0 Å². The first-order chi connectivity index (χ1) is 33.0. The second-order valence-corrected chi connectivity index (χ2v) is 17.5. The molecule has 0 aliphatic carbocycles. The van der Waals surface area contributed by atoms with Gasteiger partial charge in [0.15, 0.2) is 6.10 Å². The Balaban J connectivity index is 4.60. The lowest BCUT2D eigenvalue weighted by Gasteiger charge is -2.18. The maximum absolute atomic E-state index is 12.8. The van der Waals surface area contributed by atoms with E-state index >= 15 is 0 Å². The van der Waals surface area contributed by atoms with Crippen molar-refractivity contribution in [3.8, 4) is 0 Å². The van der Waals surface area contributed by atoms with Gasteiger partial charge in [0.25, 0.3) is 0 Å². The molecule has 0 bridgehead atoms.